The number of nitrogens with one attached hydrogen (secondary N) is 1. The van der Waals surface area contributed by atoms with Gasteiger partial charge in [0, 0.05) is 23.5 Å². The molecule has 0 radical (unpaired) electrons. The van der Waals surface area contributed by atoms with Crippen LogP contribution in [0.3, 0.4) is 0 Å². The summed E-state index contributed by atoms with van der Waals surface area (Å²) in [7, 11) is 0. The van der Waals surface area contributed by atoms with Crippen molar-refractivity contribution in [2.24, 2.45) is 0 Å². The van der Waals surface area contributed by atoms with Crippen LogP contribution in [-0.2, 0) is 13.2 Å². The molecule has 1 heterocycles. The maximum atomic E-state index is 9.16. The van der Waals surface area contributed by atoms with Crippen molar-refractivity contribution in [3.63, 3.8) is 0 Å². The summed E-state index contributed by atoms with van der Waals surface area (Å²) >= 11 is 7.38. The number of benzene rings is 1. The fraction of sp³-hybridized carbons (Fsp3) is 0.357. The summed E-state index contributed by atoms with van der Waals surface area (Å²) in [5.74, 6) is 0.776. The first-order chi connectivity index (χ1) is 9.63. The van der Waals surface area contributed by atoms with Crippen molar-refractivity contribution >= 4 is 22.9 Å². The molecule has 0 bridgehead atoms. The standard InChI is InChI=1S/C14H17ClN2O2S/c1-10(18)6-16-7-12-9-20-14(17-12)8-19-13-4-2-11(15)3-5-13/h2-5,9-10,16,18H,6-8H2,1H3. The highest BCUT2D eigenvalue weighted by Crippen LogP contribution is 2.18. The van der Waals surface area contributed by atoms with Crippen molar-refractivity contribution in [1.82, 2.24) is 10.3 Å². The molecule has 1 unspecified atom stereocenters. The molecule has 2 N–H and O–H groups in total. The summed E-state index contributed by atoms with van der Waals surface area (Å²) in [5, 5.41) is 15.9. The van der Waals surface area contributed by atoms with Crippen LogP contribution in [0.25, 0.3) is 0 Å². The molecule has 0 aliphatic carbocycles. The van der Waals surface area contributed by atoms with E-state index in [0.717, 1.165) is 16.5 Å². The second-order valence-electron chi connectivity index (χ2n) is 4.46. The molecule has 1 atom stereocenters. The summed E-state index contributed by atoms with van der Waals surface area (Å²) in [4.78, 5) is 4.46. The van der Waals surface area contributed by atoms with E-state index in [-0.39, 0.29) is 6.10 Å². The van der Waals surface area contributed by atoms with Crippen LogP contribution in [0, 0.1) is 0 Å². The molecule has 0 spiro atoms. The van der Waals surface area contributed by atoms with Crippen LogP contribution in [0.5, 0.6) is 5.75 Å². The Balaban J connectivity index is 1.79. The van der Waals surface area contributed by atoms with Gasteiger partial charge in [0.05, 0.1) is 11.8 Å². The highest BCUT2D eigenvalue weighted by Gasteiger charge is 2.04. The minimum atomic E-state index is -0.346. The predicted octanol–water partition coefficient (Wildman–Crippen LogP) is 2.85. The molecule has 2 aromatic rings. The molecule has 2 rings (SSSR count). The van der Waals surface area contributed by atoms with E-state index in [1.807, 2.05) is 17.5 Å². The molecular weight excluding hydrogens is 296 g/mol. The SMILES string of the molecule is CC(O)CNCc1csc(COc2ccc(Cl)cc2)n1. The molecule has 0 aliphatic heterocycles. The summed E-state index contributed by atoms with van der Waals surface area (Å²) in [5.41, 5.74) is 0.963. The monoisotopic (exact) mass is 312 g/mol. The summed E-state index contributed by atoms with van der Waals surface area (Å²) < 4.78 is 5.63. The molecule has 1 aromatic heterocycles. The van der Waals surface area contributed by atoms with E-state index < -0.39 is 0 Å². The molecule has 0 saturated carbocycles. The van der Waals surface area contributed by atoms with Crippen molar-refractivity contribution < 1.29 is 9.84 Å². The highest BCUT2D eigenvalue weighted by molar-refractivity contribution is 7.09. The van der Waals surface area contributed by atoms with Gasteiger partial charge in [-0.1, -0.05) is 11.6 Å². The lowest BCUT2D eigenvalue weighted by atomic mass is 10.3. The maximum Gasteiger partial charge on any atom is 0.140 e. The number of aromatic nitrogens is 1. The van der Waals surface area contributed by atoms with Crippen LogP contribution in [0.4, 0.5) is 0 Å². The van der Waals surface area contributed by atoms with Gasteiger partial charge in [-0.25, -0.2) is 4.98 Å². The summed E-state index contributed by atoms with van der Waals surface area (Å²) in [6, 6.07) is 7.26. The third-order valence-corrected chi connectivity index (χ3v) is 3.64. The lowest BCUT2D eigenvalue weighted by molar-refractivity contribution is 0.191. The summed E-state index contributed by atoms with van der Waals surface area (Å²) in [6.07, 6.45) is -0.346. The van der Waals surface area contributed by atoms with Gasteiger partial charge in [-0.15, -0.1) is 11.3 Å². The maximum absolute atomic E-state index is 9.16. The Morgan fingerprint density at radius 1 is 1.40 bits per heavy atom. The number of aliphatic hydroxyl groups excluding tert-OH is 1. The van der Waals surface area contributed by atoms with E-state index in [0.29, 0.717) is 24.7 Å². The second kappa shape index (κ2) is 7.59. The average molecular weight is 313 g/mol. The Hall–Kier alpha value is -1.14. The van der Waals surface area contributed by atoms with E-state index in [9.17, 15) is 0 Å². The topological polar surface area (TPSA) is 54.4 Å². The zero-order chi connectivity index (χ0) is 14.4. The van der Waals surface area contributed by atoms with E-state index in [2.05, 4.69) is 10.3 Å². The second-order valence-corrected chi connectivity index (χ2v) is 5.83. The van der Waals surface area contributed by atoms with Gasteiger partial charge >= 0.3 is 0 Å². The number of nitrogens with zero attached hydrogens (tertiary/aromatic N) is 1. The van der Waals surface area contributed by atoms with Crippen LogP contribution in [-0.4, -0.2) is 22.7 Å². The first-order valence-corrected chi connectivity index (χ1v) is 7.59. The summed E-state index contributed by atoms with van der Waals surface area (Å²) in [6.45, 7) is 3.42. The Labute approximate surface area is 127 Å². The lowest BCUT2D eigenvalue weighted by Crippen LogP contribution is -2.23. The lowest BCUT2D eigenvalue weighted by Gasteiger charge is -2.05. The number of ether oxygens (including phenoxy) is 1. The number of halogens is 1. The van der Waals surface area contributed by atoms with Crippen LogP contribution >= 0.6 is 22.9 Å². The van der Waals surface area contributed by atoms with Crippen LogP contribution in [0.1, 0.15) is 17.6 Å². The third-order valence-electron chi connectivity index (χ3n) is 2.52. The number of thiazole rings is 1. The molecule has 108 valence electrons. The van der Waals surface area contributed by atoms with Gasteiger partial charge in [0.15, 0.2) is 0 Å². The van der Waals surface area contributed by atoms with Gasteiger partial charge in [0.2, 0.25) is 0 Å². The van der Waals surface area contributed by atoms with Crippen molar-refractivity contribution in [3.05, 3.63) is 45.4 Å². The number of hydrogen-bond acceptors (Lipinski definition) is 5. The van der Waals surface area contributed by atoms with Crippen LogP contribution in [0.2, 0.25) is 5.02 Å². The quantitative estimate of drug-likeness (QED) is 0.825. The van der Waals surface area contributed by atoms with Gasteiger partial charge < -0.3 is 15.2 Å². The minimum Gasteiger partial charge on any atom is -0.486 e. The van der Waals surface area contributed by atoms with Gasteiger partial charge in [-0.2, -0.15) is 0 Å². The normalized spacial score (nSPS) is 12.3. The fourth-order valence-electron chi connectivity index (χ4n) is 1.58. The Morgan fingerprint density at radius 3 is 2.85 bits per heavy atom. The molecule has 20 heavy (non-hydrogen) atoms. The molecule has 0 aliphatic rings. The first-order valence-electron chi connectivity index (χ1n) is 6.34. The Bertz CT molecular complexity index is 528. The molecule has 6 heteroatoms. The molecule has 0 fully saturated rings. The van der Waals surface area contributed by atoms with E-state index in [1.54, 1.807) is 30.4 Å². The number of rotatable bonds is 7. The van der Waals surface area contributed by atoms with Gasteiger partial charge in [0.1, 0.15) is 17.4 Å². The van der Waals surface area contributed by atoms with Gasteiger partial charge in [-0.05, 0) is 31.2 Å². The first kappa shape index (κ1) is 15.3. The molecule has 0 amide bonds. The molecule has 4 nitrogen and oxygen atoms in total. The number of aliphatic hydroxyl groups is 1. The Morgan fingerprint density at radius 2 is 2.15 bits per heavy atom. The largest absolute Gasteiger partial charge is 0.486 e. The van der Waals surface area contributed by atoms with E-state index in [1.165, 1.54) is 0 Å². The fourth-order valence-corrected chi connectivity index (χ4v) is 2.41. The zero-order valence-corrected chi connectivity index (χ0v) is 12.7. The predicted molar refractivity (Wildman–Crippen MR) is 81.3 cm³/mol. The van der Waals surface area contributed by atoms with Gasteiger partial charge in [-0.3, -0.25) is 0 Å². The minimum absolute atomic E-state index is 0.346. The van der Waals surface area contributed by atoms with Crippen LogP contribution < -0.4 is 10.1 Å². The highest BCUT2D eigenvalue weighted by atomic mass is 35.5. The number of hydrogen-bond donors (Lipinski definition) is 2. The van der Waals surface area contributed by atoms with Crippen molar-refractivity contribution in [3.8, 4) is 5.75 Å². The van der Waals surface area contributed by atoms with Crippen molar-refractivity contribution in [2.45, 2.75) is 26.2 Å². The van der Waals surface area contributed by atoms with Crippen molar-refractivity contribution in [1.29, 1.82) is 0 Å². The molecule has 1 aromatic carbocycles. The smallest absolute Gasteiger partial charge is 0.140 e. The van der Waals surface area contributed by atoms with E-state index in [4.69, 9.17) is 21.4 Å². The van der Waals surface area contributed by atoms with Crippen LogP contribution in [0.15, 0.2) is 29.6 Å². The van der Waals surface area contributed by atoms with E-state index >= 15 is 0 Å². The third kappa shape index (κ3) is 5.09. The zero-order valence-electron chi connectivity index (χ0n) is 11.2. The Kier molecular flexibility index (Phi) is 5.79. The van der Waals surface area contributed by atoms with Gasteiger partial charge in [0.25, 0.3) is 0 Å². The average Bonchev–Trinajstić information content (AvgIpc) is 2.86. The van der Waals surface area contributed by atoms with Crippen molar-refractivity contribution in [2.75, 3.05) is 6.54 Å². The molecule has 0 saturated heterocycles. The molecular formula is C14H17ClN2O2S.